The van der Waals surface area contributed by atoms with Gasteiger partial charge >= 0.3 is 0 Å². The highest BCUT2D eigenvalue weighted by Crippen LogP contribution is 2.19. The van der Waals surface area contributed by atoms with Crippen LogP contribution >= 0.6 is 0 Å². The number of rotatable bonds is 3. The van der Waals surface area contributed by atoms with Crippen molar-refractivity contribution in [3.05, 3.63) is 41.8 Å². The molecule has 1 amide bonds. The van der Waals surface area contributed by atoms with Gasteiger partial charge in [0.15, 0.2) is 0 Å². The number of aromatic nitrogens is 1. The van der Waals surface area contributed by atoms with E-state index in [4.69, 9.17) is 5.11 Å². The maximum atomic E-state index is 13.5. The van der Waals surface area contributed by atoms with E-state index in [0.717, 1.165) is 6.07 Å². The summed E-state index contributed by atoms with van der Waals surface area (Å²) in [5.74, 6) is -0.949. The molecule has 0 radical (unpaired) electrons. The lowest BCUT2D eigenvalue weighted by Crippen LogP contribution is -2.46. The highest BCUT2D eigenvalue weighted by atomic mass is 19.1. The maximum absolute atomic E-state index is 13.5. The molecule has 0 atom stereocenters. The molecular formula is C14H15FN2O2. The second-order valence-electron chi connectivity index (χ2n) is 5.02. The van der Waals surface area contributed by atoms with Gasteiger partial charge in [-0.2, -0.15) is 0 Å². The molecule has 1 aromatic heterocycles. The van der Waals surface area contributed by atoms with Crippen molar-refractivity contribution in [1.29, 1.82) is 0 Å². The molecule has 0 fully saturated rings. The fourth-order valence-electron chi connectivity index (χ4n) is 1.74. The number of nitrogens with zero attached hydrogens (tertiary/aromatic N) is 1. The van der Waals surface area contributed by atoms with E-state index < -0.39 is 17.3 Å². The van der Waals surface area contributed by atoms with E-state index in [1.165, 1.54) is 6.07 Å². The molecule has 19 heavy (non-hydrogen) atoms. The van der Waals surface area contributed by atoms with Crippen molar-refractivity contribution in [3.63, 3.8) is 0 Å². The van der Waals surface area contributed by atoms with E-state index in [-0.39, 0.29) is 12.2 Å². The molecule has 1 heterocycles. The Bertz CT molecular complexity index is 626. The summed E-state index contributed by atoms with van der Waals surface area (Å²) in [7, 11) is 0. The molecule has 1 aromatic carbocycles. The number of fused-ring (bicyclic) bond motifs is 1. The van der Waals surface area contributed by atoms with Crippen LogP contribution in [0.4, 0.5) is 4.39 Å². The maximum Gasteiger partial charge on any atom is 0.254 e. The smallest absolute Gasteiger partial charge is 0.254 e. The van der Waals surface area contributed by atoms with E-state index in [1.807, 2.05) is 0 Å². The number of aliphatic hydroxyl groups excluding tert-OH is 1. The topological polar surface area (TPSA) is 62.2 Å². The highest BCUT2D eigenvalue weighted by molar-refractivity contribution is 6.05. The van der Waals surface area contributed by atoms with Crippen LogP contribution in [0.5, 0.6) is 0 Å². The average Bonchev–Trinajstić information content (AvgIpc) is 2.37. The second kappa shape index (κ2) is 4.93. The number of nitrogens with one attached hydrogen (secondary N) is 1. The second-order valence-corrected chi connectivity index (χ2v) is 5.02. The Hall–Kier alpha value is -2.01. The first kappa shape index (κ1) is 13.4. The predicted molar refractivity (Wildman–Crippen MR) is 70.3 cm³/mol. The van der Waals surface area contributed by atoms with Crippen LogP contribution in [0.3, 0.4) is 0 Å². The first-order valence-corrected chi connectivity index (χ1v) is 5.90. The first-order chi connectivity index (χ1) is 8.93. The minimum atomic E-state index is -0.773. The van der Waals surface area contributed by atoms with Crippen molar-refractivity contribution in [2.75, 3.05) is 6.61 Å². The van der Waals surface area contributed by atoms with Crippen LogP contribution in [0.2, 0.25) is 0 Å². The van der Waals surface area contributed by atoms with Crippen LogP contribution in [-0.4, -0.2) is 28.1 Å². The lowest BCUT2D eigenvalue weighted by Gasteiger charge is -2.23. The lowest BCUT2D eigenvalue weighted by molar-refractivity contribution is 0.0870. The Morgan fingerprint density at radius 1 is 1.47 bits per heavy atom. The summed E-state index contributed by atoms with van der Waals surface area (Å²) < 4.78 is 13.5. The predicted octanol–water partition coefficient (Wildman–Crippen LogP) is 1.87. The molecule has 0 aliphatic rings. The van der Waals surface area contributed by atoms with Crippen molar-refractivity contribution in [1.82, 2.24) is 10.3 Å². The SMILES string of the molecule is CC(C)(CO)NC(=O)c1cc(F)cc2cccnc12. The van der Waals surface area contributed by atoms with Crippen LogP contribution in [0.25, 0.3) is 10.9 Å². The molecule has 0 unspecified atom stereocenters. The monoisotopic (exact) mass is 262 g/mol. The summed E-state index contributed by atoms with van der Waals surface area (Å²) >= 11 is 0. The van der Waals surface area contributed by atoms with Gasteiger partial charge in [-0.3, -0.25) is 9.78 Å². The molecule has 2 aromatic rings. The van der Waals surface area contributed by atoms with E-state index in [2.05, 4.69) is 10.3 Å². The van der Waals surface area contributed by atoms with Crippen LogP contribution < -0.4 is 5.32 Å². The standard InChI is InChI=1S/C14H15FN2O2/c1-14(2,8-18)17-13(19)11-7-10(15)6-9-4-3-5-16-12(9)11/h3-7,18H,8H2,1-2H3,(H,17,19). The number of carbonyl (C=O) groups is 1. The van der Waals surface area contributed by atoms with E-state index in [0.29, 0.717) is 10.9 Å². The van der Waals surface area contributed by atoms with E-state index in [1.54, 1.807) is 32.2 Å². The zero-order chi connectivity index (χ0) is 14.0. The average molecular weight is 262 g/mol. The third-order valence-electron chi connectivity index (χ3n) is 2.76. The summed E-state index contributed by atoms with van der Waals surface area (Å²) in [6.07, 6.45) is 1.55. The van der Waals surface area contributed by atoms with Crippen LogP contribution in [0.1, 0.15) is 24.2 Å². The summed E-state index contributed by atoms with van der Waals surface area (Å²) in [4.78, 5) is 16.3. The number of hydrogen-bond donors (Lipinski definition) is 2. The molecule has 100 valence electrons. The van der Waals surface area contributed by atoms with Gasteiger partial charge in [-0.15, -0.1) is 0 Å². The van der Waals surface area contributed by atoms with Crippen molar-refractivity contribution >= 4 is 16.8 Å². The summed E-state index contributed by atoms with van der Waals surface area (Å²) in [5, 5.41) is 12.4. The van der Waals surface area contributed by atoms with Crippen molar-refractivity contribution in [2.45, 2.75) is 19.4 Å². The van der Waals surface area contributed by atoms with Gasteiger partial charge in [0.1, 0.15) is 5.82 Å². The Balaban J connectivity index is 2.47. The summed E-state index contributed by atoms with van der Waals surface area (Å²) in [6.45, 7) is 3.15. The normalized spacial score (nSPS) is 11.6. The van der Waals surface area contributed by atoms with Gasteiger partial charge in [-0.1, -0.05) is 6.07 Å². The van der Waals surface area contributed by atoms with Gasteiger partial charge in [0.2, 0.25) is 0 Å². The molecule has 0 bridgehead atoms. The Kier molecular flexibility index (Phi) is 3.48. The van der Waals surface area contributed by atoms with Gasteiger partial charge < -0.3 is 10.4 Å². The molecule has 0 saturated heterocycles. The minimum absolute atomic E-state index is 0.164. The zero-order valence-electron chi connectivity index (χ0n) is 10.8. The molecule has 0 saturated carbocycles. The van der Waals surface area contributed by atoms with Crippen molar-refractivity contribution in [2.24, 2.45) is 0 Å². The number of benzene rings is 1. The third-order valence-corrected chi connectivity index (χ3v) is 2.76. The van der Waals surface area contributed by atoms with Crippen LogP contribution in [-0.2, 0) is 0 Å². The molecule has 0 spiro atoms. The Morgan fingerprint density at radius 2 is 2.21 bits per heavy atom. The molecule has 5 heteroatoms. The van der Waals surface area contributed by atoms with Gasteiger partial charge in [0.05, 0.1) is 23.2 Å². The van der Waals surface area contributed by atoms with Gasteiger partial charge in [-0.05, 0) is 32.0 Å². The van der Waals surface area contributed by atoms with Gasteiger partial charge in [-0.25, -0.2) is 4.39 Å². The number of amides is 1. The minimum Gasteiger partial charge on any atom is -0.394 e. The number of hydrogen-bond acceptors (Lipinski definition) is 3. The third kappa shape index (κ3) is 2.88. The summed E-state index contributed by atoms with van der Waals surface area (Å²) in [6, 6.07) is 5.86. The van der Waals surface area contributed by atoms with E-state index >= 15 is 0 Å². The van der Waals surface area contributed by atoms with E-state index in [9.17, 15) is 9.18 Å². The van der Waals surface area contributed by atoms with Gasteiger partial charge in [0, 0.05) is 11.6 Å². The highest BCUT2D eigenvalue weighted by Gasteiger charge is 2.22. The molecule has 0 aliphatic heterocycles. The largest absolute Gasteiger partial charge is 0.394 e. The molecule has 2 N–H and O–H groups in total. The van der Waals surface area contributed by atoms with Crippen molar-refractivity contribution < 1.29 is 14.3 Å². The lowest BCUT2D eigenvalue weighted by atomic mass is 10.0. The quantitative estimate of drug-likeness (QED) is 0.887. The fourth-order valence-corrected chi connectivity index (χ4v) is 1.74. The van der Waals surface area contributed by atoms with Crippen LogP contribution in [0, 0.1) is 5.82 Å². The molecule has 4 nitrogen and oxygen atoms in total. The zero-order valence-corrected chi connectivity index (χ0v) is 10.8. The molecule has 0 aliphatic carbocycles. The first-order valence-electron chi connectivity index (χ1n) is 5.90. The van der Waals surface area contributed by atoms with Gasteiger partial charge in [0.25, 0.3) is 5.91 Å². The molecular weight excluding hydrogens is 247 g/mol. The Labute approximate surface area is 110 Å². The summed E-state index contributed by atoms with van der Waals surface area (Å²) in [5.41, 5.74) is -0.169. The van der Waals surface area contributed by atoms with Crippen LogP contribution in [0.15, 0.2) is 30.5 Å². The number of pyridine rings is 1. The molecule has 2 rings (SSSR count). The van der Waals surface area contributed by atoms with Crippen molar-refractivity contribution in [3.8, 4) is 0 Å². The number of halogens is 1. The number of carbonyl (C=O) groups excluding carboxylic acids is 1. The Morgan fingerprint density at radius 3 is 2.89 bits per heavy atom. The fraction of sp³-hybridized carbons (Fsp3) is 0.286. The number of aliphatic hydroxyl groups is 1.